The van der Waals surface area contributed by atoms with Gasteiger partial charge in [0.2, 0.25) is 5.88 Å². The maximum absolute atomic E-state index is 6.13. The lowest BCUT2D eigenvalue weighted by Crippen LogP contribution is -2.25. The molecule has 3 rings (SSSR count). The van der Waals surface area contributed by atoms with E-state index in [9.17, 15) is 0 Å². The first-order valence-electron chi connectivity index (χ1n) is 9.38. The molecule has 1 saturated carbocycles. The van der Waals surface area contributed by atoms with Gasteiger partial charge in [0.1, 0.15) is 12.7 Å². The van der Waals surface area contributed by atoms with Gasteiger partial charge in [0.15, 0.2) is 0 Å². The molecule has 1 aliphatic carbocycles. The van der Waals surface area contributed by atoms with Crippen molar-refractivity contribution in [3.63, 3.8) is 0 Å². The maximum atomic E-state index is 6.13. The number of aliphatic imine (C=N–C) groups is 1. The minimum atomic E-state index is 0.132. The molecule has 2 aromatic rings. The van der Waals surface area contributed by atoms with Crippen molar-refractivity contribution >= 4 is 33.7 Å². The molecule has 1 heterocycles. The molecule has 0 aliphatic heterocycles. The quantitative estimate of drug-likeness (QED) is 0.365. The van der Waals surface area contributed by atoms with Crippen LogP contribution in [0.4, 0.5) is 5.69 Å². The van der Waals surface area contributed by atoms with Crippen LogP contribution in [0.5, 0.6) is 5.88 Å². The van der Waals surface area contributed by atoms with Crippen molar-refractivity contribution in [1.29, 1.82) is 0 Å². The standard InChI is InChI=1S/C21H25BrN4O2/c1-15-20(24-14-23-2)12-19(22)21(25-15)28-18-10-8-17(9-11-18)26-27-13-16-6-4-3-5-7-16/h3-7,12,14,18H,8-11,13H2,1-2H3,(H,23,24). The lowest BCUT2D eigenvalue weighted by atomic mass is 9.96. The Hall–Kier alpha value is -2.41. The minimum absolute atomic E-state index is 0.132. The fourth-order valence-corrected chi connectivity index (χ4v) is 3.40. The van der Waals surface area contributed by atoms with Crippen LogP contribution in [0.1, 0.15) is 36.9 Å². The summed E-state index contributed by atoms with van der Waals surface area (Å²) in [5.41, 5.74) is 3.99. The third-order valence-electron chi connectivity index (χ3n) is 4.54. The Morgan fingerprint density at radius 1 is 1.25 bits per heavy atom. The second-order valence-electron chi connectivity index (χ2n) is 6.67. The zero-order chi connectivity index (χ0) is 19.8. The number of nitrogens with zero attached hydrogens (tertiary/aromatic N) is 3. The number of ether oxygens (including phenoxy) is 1. The third-order valence-corrected chi connectivity index (χ3v) is 5.11. The molecule has 1 aromatic carbocycles. The van der Waals surface area contributed by atoms with Crippen molar-refractivity contribution in [2.75, 3.05) is 12.4 Å². The predicted molar refractivity (Wildman–Crippen MR) is 116 cm³/mol. The highest BCUT2D eigenvalue weighted by atomic mass is 79.9. The number of aryl methyl sites for hydroxylation is 1. The highest BCUT2D eigenvalue weighted by Gasteiger charge is 2.21. The van der Waals surface area contributed by atoms with Crippen LogP contribution in [0, 0.1) is 6.92 Å². The Bertz CT molecular complexity index is 830. The van der Waals surface area contributed by atoms with E-state index < -0.39 is 0 Å². The first-order chi connectivity index (χ1) is 13.7. The van der Waals surface area contributed by atoms with E-state index in [0.717, 1.165) is 52.8 Å². The van der Waals surface area contributed by atoms with Gasteiger partial charge in [-0.25, -0.2) is 4.98 Å². The number of hydrogen-bond donors (Lipinski definition) is 1. The summed E-state index contributed by atoms with van der Waals surface area (Å²) in [4.78, 5) is 14.0. The smallest absolute Gasteiger partial charge is 0.228 e. The minimum Gasteiger partial charge on any atom is -0.474 e. The maximum Gasteiger partial charge on any atom is 0.228 e. The van der Waals surface area contributed by atoms with Crippen molar-refractivity contribution < 1.29 is 9.57 Å². The largest absolute Gasteiger partial charge is 0.474 e. The average molecular weight is 445 g/mol. The molecule has 148 valence electrons. The molecule has 1 aliphatic rings. The number of pyridine rings is 1. The Morgan fingerprint density at radius 3 is 2.71 bits per heavy atom. The van der Waals surface area contributed by atoms with E-state index in [0.29, 0.717) is 12.5 Å². The normalized spacial score (nSPS) is 16.8. The summed E-state index contributed by atoms with van der Waals surface area (Å²) in [7, 11) is 1.72. The van der Waals surface area contributed by atoms with Crippen molar-refractivity contribution in [1.82, 2.24) is 4.98 Å². The second kappa shape index (κ2) is 10.2. The van der Waals surface area contributed by atoms with Crippen LogP contribution in [0.15, 0.2) is 51.0 Å². The SMILES string of the molecule is CN=CNc1cc(Br)c(OC2CCC(=NOCc3ccccc3)CC2)nc1C. The number of oxime groups is 1. The summed E-state index contributed by atoms with van der Waals surface area (Å²) >= 11 is 3.55. The van der Waals surface area contributed by atoms with E-state index in [1.807, 2.05) is 43.3 Å². The van der Waals surface area contributed by atoms with Crippen LogP contribution >= 0.6 is 15.9 Å². The second-order valence-corrected chi connectivity index (χ2v) is 7.53. The Kier molecular flexibility index (Phi) is 7.42. The molecule has 6 nitrogen and oxygen atoms in total. The van der Waals surface area contributed by atoms with Crippen LogP contribution in [0.2, 0.25) is 0 Å². The number of rotatable bonds is 7. The molecule has 0 spiro atoms. The number of benzene rings is 1. The summed E-state index contributed by atoms with van der Waals surface area (Å²) in [5.74, 6) is 0.627. The van der Waals surface area contributed by atoms with Gasteiger partial charge in [0, 0.05) is 7.05 Å². The Morgan fingerprint density at radius 2 is 2.00 bits per heavy atom. The van der Waals surface area contributed by atoms with Crippen molar-refractivity contribution in [3.05, 3.63) is 52.1 Å². The lowest BCUT2D eigenvalue weighted by Gasteiger charge is -2.24. The fourth-order valence-electron chi connectivity index (χ4n) is 2.99. The summed E-state index contributed by atoms with van der Waals surface area (Å²) in [6.45, 7) is 2.45. The zero-order valence-electron chi connectivity index (χ0n) is 16.2. The Labute approximate surface area is 174 Å². The highest BCUT2D eigenvalue weighted by Crippen LogP contribution is 2.31. The average Bonchev–Trinajstić information content (AvgIpc) is 2.71. The van der Waals surface area contributed by atoms with Gasteiger partial charge >= 0.3 is 0 Å². The van der Waals surface area contributed by atoms with Crippen LogP contribution in [-0.2, 0) is 11.4 Å². The van der Waals surface area contributed by atoms with Crippen molar-refractivity contribution in [2.45, 2.75) is 45.3 Å². The van der Waals surface area contributed by atoms with Gasteiger partial charge in [-0.2, -0.15) is 0 Å². The molecule has 7 heteroatoms. The summed E-state index contributed by atoms with van der Waals surface area (Å²) < 4.78 is 6.96. The molecule has 1 fully saturated rings. The van der Waals surface area contributed by atoms with Gasteiger partial charge in [-0.3, -0.25) is 4.99 Å². The first kappa shape index (κ1) is 20.3. The topological polar surface area (TPSA) is 68.1 Å². The molecule has 0 bridgehead atoms. The van der Waals surface area contributed by atoms with E-state index in [4.69, 9.17) is 9.57 Å². The lowest BCUT2D eigenvalue weighted by molar-refractivity contribution is 0.124. The third kappa shape index (κ3) is 5.79. The van der Waals surface area contributed by atoms with E-state index in [2.05, 4.69) is 36.4 Å². The van der Waals surface area contributed by atoms with Gasteiger partial charge in [-0.05, 0) is 60.2 Å². The van der Waals surface area contributed by atoms with Crippen LogP contribution in [0.25, 0.3) is 0 Å². The van der Waals surface area contributed by atoms with Crippen molar-refractivity contribution in [3.8, 4) is 5.88 Å². The van der Waals surface area contributed by atoms with Gasteiger partial charge in [0.05, 0.1) is 27.9 Å². The number of nitrogens with one attached hydrogen (secondary N) is 1. The number of halogens is 1. The van der Waals surface area contributed by atoms with Crippen LogP contribution in [-0.4, -0.2) is 30.2 Å². The Balaban J connectivity index is 1.50. The molecule has 0 atom stereocenters. The molecule has 1 aromatic heterocycles. The first-order valence-corrected chi connectivity index (χ1v) is 10.2. The van der Waals surface area contributed by atoms with Crippen molar-refractivity contribution in [2.24, 2.45) is 10.1 Å². The molecule has 0 amide bonds. The molecule has 0 saturated heterocycles. The molecule has 0 unspecified atom stereocenters. The summed E-state index contributed by atoms with van der Waals surface area (Å²) in [6, 6.07) is 12.0. The summed E-state index contributed by atoms with van der Waals surface area (Å²) in [6.07, 6.45) is 5.34. The van der Waals surface area contributed by atoms with E-state index in [-0.39, 0.29) is 6.10 Å². The molecule has 1 N–H and O–H groups in total. The molecular weight excluding hydrogens is 420 g/mol. The van der Waals surface area contributed by atoms with E-state index in [1.54, 1.807) is 13.4 Å². The molecule has 28 heavy (non-hydrogen) atoms. The summed E-state index contributed by atoms with van der Waals surface area (Å²) in [5, 5.41) is 7.41. The van der Waals surface area contributed by atoms with E-state index >= 15 is 0 Å². The van der Waals surface area contributed by atoms with Gasteiger partial charge in [0.25, 0.3) is 0 Å². The van der Waals surface area contributed by atoms with Crippen LogP contribution < -0.4 is 10.1 Å². The highest BCUT2D eigenvalue weighted by molar-refractivity contribution is 9.10. The number of anilines is 1. The van der Waals surface area contributed by atoms with Crippen LogP contribution in [0.3, 0.4) is 0 Å². The van der Waals surface area contributed by atoms with Gasteiger partial charge in [-0.15, -0.1) is 0 Å². The monoisotopic (exact) mass is 444 g/mol. The zero-order valence-corrected chi connectivity index (χ0v) is 17.8. The molecular formula is C21H25BrN4O2. The van der Waals surface area contributed by atoms with Gasteiger partial charge < -0.3 is 14.9 Å². The number of aromatic nitrogens is 1. The van der Waals surface area contributed by atoms with Gasteiger partial charge in [-0.1, -0.05) is 35.5 Å². The van der Waals surface area contributed by atoms with E-state index in [1.165, 1.54) is 0 Å². The predicted octanol–water partition coefficient (Wildman–Crippen LogP) is 5.12. The number of hydrogen-bond acceptors (Lipinski definition) is 5. The fraction of sp³-hybridized carbons (Fsp3) is 0.381. The molecule has 0 radical (unpaired) electrons.